The maximum Gasteiger partial charge on any atom is 0.336 e. The van der Waals surface area contributed by atoms with E-state index in [1.54, 1.807) is 0 Å². The van der Waals surface area contributed by atoms with Gasteiger partial charge in [0, 0.05) is 23.1 Å². The van der Waals surface area contributed by atoms with Gasteiger partial charge in [-0.15, -0.1) is 0 Å². The molecule has 1 aromatic heterocycles. The van der Waals surface area contributed by atoms with Crippen LogP contribution in [0.15, 0.2) is 60.7 Å². The number of para-hydroxylation sites is 1. The van der Waals surface area contributed by atoms with E-state index in [4.69, 9.17) is 0 Å². The maximum absolute atomic E-state index is 11.8. The summed E-state index contributed by atoms with van der Waals surface area (Å²) in [5, 5.41) is 14.3. The molecule has 1 unspecified atom stereocenters. The first-order valence-corrected chi connectivity index (χ1v) is 8.07. The Hall–Kier alpha value is -2.85. The van der Waals surface area contributed by atoms with E-state index in [9.17, 15) is 9.90 Å². The third kappa shape index (κ3) is 2.51. The number of carboxylic acids is 1. The highest BCUT2D eigenvalue weighted by atomic mass is 16.4. The number of aliphatic carboxylic acids is 1. The van der Waals surface area contributed by atoms with Crippen LogP contribution >= 0.6 is 0 Å². The average Bonchev–Trinajstić information content (AvgIpc) is 2.99. The third-order valence-corrected chi connectivity index (χ3v) is 4.55. The fraction of sp³-hybridized carbons (Fsp3) is 0.150. The molecule has 1 atom stereocenters. The van der Waals surface area contributed by atoms with Crippen molar-refractivity contribution in [3.63, 3.8) is 0 Å². The highest BCUT2D eigenvalue weighted by Gasteiger charge is 2.24. The minimum Gasteiger partial charge on any atom is -0.478 e. The molecule has 0 spiro atoms. The molecule has 0 aliphatic carbocycles. The molecular weight excluding hydrogens is 300 g/mol. The standard InChI is InChI=1S/C20H18N2O2/c23-20(24)16(13-6-2-1-3-7-13)12-18-19-15(10-11-21-18)14-8-4-5-9-17(14)22-19/h1-9,12,18,21-22H,10-11H2,(H,23,24). The summed E-state index contributed by atoms with van der Waals surface area (Å²) in [7, 11) is 0. The first-order valence-electron chi connectivity index (χ1n) is 8.07. The lowest BCUT2D eigenvalue weighted by molar-refractivity contribution is -0.130. The number of aromatic nitrogens is 1. The number of rotatable bonds is 3. The van der Waals surface area contributed by atoms with Crippen molar-refractivity contribution >= 4 is 22.4 Å². The zero-order valence-corrected chi connectivity index (χ0v) is 13.1. The molecule has 3 N–H and O–H groups in total. The number of nitrogens with one attached hydrogen (secondary N) is 2. The van der Waals surface area contributed by atoms with E-state index in [1.165, 1.54) is 10.9 Å². The Morgan fingerprint density at radius 3 is 2.62 bits per heavy atom. The monoisotopic (exact) mass is 318 g/mol. The molecule has 2 heterocycles. The molecule has 0 saturated carbocycles. The van der Waals surface area contributed by atoms with Crippen molar-refractivity contribution in [1.82, 2.24) is 10.3 Å². The fourth-order valence-electron chi connectivity index (χ4n) is 3.43. The predicted octanol–water partition coefficient (Wildman–Crippen LogP) is 3.52. The van der Waals surface area contributed by atoms with Crippen molar-refractivity contribution in [3.8, 4) is 0 Å². The van der Waals surface area contributed by atoms with Gasteiger partial charge in [-0.25, -0.2) is 4.79 Å². The molecule has 0 radical (unpaired) electrons. The van der Waals surface area contributed by atoms with Crippen LogP contribution in [0.25, 0.3) is 16.5 Å². The molecule has 4 heteroatoms. The number of carboxylic acid groups (broad SMARTS) is 1. The number of hydrogen-bond donors (Lipinski definition) is 3. The van der Waals surface area contributed by atoms with Gasteiger partial charge in [0.15, 0.2) is 0 Å². The van der Waals surface area contributed by atoms with Crippen LogP contribution < -0.4 is 5.32 Å². The maximum atomic E-state index is 11.8. The van der Waals surface area contributed by atoms with E-state index < -0.39 is 5.97 Å². The Labute approximate surface area is 139 Å². The third-order valence-electron chi connectivity index (χ3n) is 4.55. The van der Waals surface area contributed by atoms with Gasteiger partial charge in [0.05, 0.1) is 11.6 Å². The summed E-state index contributed by atoms with van der Waals surface area (Å²) < 4.78 is 0. The van der Waals surface area contributed by atoms with Gasteiger partial charge in [-0.05, 0) is 29.7 Å². The van der Waals surface area contributed by atoms with Crippen molar-refractivity contribution in [1.29, 1.82) is 0 Å². The minimum absolute atomic E-state index is 0.132. The number of benzene rings is 2. The number of fused-ring (bicyclic) bond motifs is 3. The lowest BCUT2D eigenvalue weighted by Crippen LogP contribution is -2.29. The van der Waals surface area contributed by atoms with E-state index in [1.807, 2.05) is 48.5 Å². The van der Waals surface area contributed by atoms with E-state index in [0.29, 0.717) is 5.57 Å². The normalized spacial score (nSPS) is 17.7. The Morgan fingerprint density at radius 2 is 1.83 bits per heavy atom. The van der Waals surface area contributed by atoms with Gasteiger partial charge < -0.3 is 15.4 Å². The first-order chi connectivity index (χ1) is 11.7. The molecule has 120 valence electrons. The van der Waals surface area contributed by atoms with Crippen LogP contribution in [-0.2, 0) is 11.2 Å². The average molecular weight is 318 g/mol. The minimum atomic E-state index is -0.911. The molecule has 4 nitrogen and oxygen atoms in total. The van der Waals surface area contributed by atoms with Crippen LogP contribution in [0.2, 0.25) is 0 Å². The van der Waals surface area contributed by atoms with Gasteiger partial charge in [-0.3, -0.25) is 0 Å². The summed E-state index contributed by atoms with van der Waals surface area (Å²) in [6.45, 7) is 0.831. The highest BCUT2D eigenvalue weighted by Crippen LogP contribution is 2.32. The lowest BCUT2D eigenvalue weighted by Gasteiger charge is -2.22. The molecule has 24 heavy (non-hydrogen) atoms. The van der Waals surface area contributed by atoms with Gasteiger partial charge in [-0.1, -0.05) is 48.5 Å². The largest absolute Gasteiger partial charge is 0.478 e. The van der Waals surface area contributed by atoms with Crippen molar-refractivity contribution in [2.75, 3.05) is 6.54 Å². The lowest BCUT2D eigenvalue weighted by atomic mass is 9.96. The second kappa shape index (κ2) is 5.98. The van der Waals surface area contributed by atoms with Crippen molar-refractivity contribution in [2.45, 2.75) is 12.5 Å². The summed E-state index contributed by atoms with van der Waals surface area (Å²) >= 11 is 0. The fourth-order valence-corrected chi connectivity index (χ4v) is 3.43. The van der Waals surface area contributed by atoms with Crippen molar-refractivity contribution in [2.24, 2.45) is 0 Å². The number of H-pyrrole nitrogens is 1. The summed E-state index contributed by atoms with van der Waals surface area (Å²) in [4.78, 5) is 15.2. The Kier molecular flexibility index (Phi) is 3.67. The summed E-state index contributed by atoms with van der Waals surface area (Å²) in [5.41, 5.74) is 4.48. The molecule has 0 amide bonds. The molecule has 3 aromatic rings. The van der Waals surface area contributed by atoms with Crippen LogP contribution in [0, 0.1) is 0 Å². The van der Waals surface area contributed by atoms with E-state index >= 15 is 0 Å². The van der Waals surface area contributed by atoms with Crippen LogP contribution in [0.4, 0.5) is 0 Å². The van der Waals surface area contributed by atoms with Crippen LogP contribution in [0.1, 0.15) is 22.9 Å². The van der Waals surface area contributed by atoms with Gasteiger partial charge in [0.1, 0.15) is 0 Å². The van der Waals surface area contributed by atoms with Crippen molar-refractivity contribution < 1.29 is 9.90 Å². The van der Waals surface area contributed by atoms with Crippen LogP contribution in [-0.4, -0.2) is 22.6 Å². The topological polar surface area (TPSA) is 65.1 Å². The molecule has 0 saturated heterocycles. The zero-order valence-electron chi connectivity index (χ0n) is 13.1. The Bertz CT molecular complexity index is 925. The molecular formula is C20H18N2O2. The first kappa shape index (κ1) is 14.7. The quantitative estimate of drug-likeness (QED) is 0.647. The van der Waals surface area contributed by atoms with Gasteiger partial charge >= 0.3 is 5.97 Å². The second-order valence-electron chi connectivity index (χ2n) is 6.00. The van der Waals surface area contributed by atoms with Crippen molar-refractivity contribution in [3.05, 3.63) is 77.5 Å². The SMILES string of the molecule is O=C(O)C(=CC1NCCc2c1[nH]c1ccccc21)c1ccccc1. The van der Waals surface area contributed by atoms with Gasteiger partial charge in [0.2, 0.25) is 0 Å². The van der Waals surface area contributed by atoms with Gasteiger partial charge in [-0.2, -0.15) is 0 Å². The summed E-state index contributed by atoms with van der Waals surface area (Å²) in [6.07, 6.45) is 2.75. The smallest absolute Gasteiger partial charge is 0.336 e. The number of carbonyl (C=O) groups is 1. The Balaban J connectivity index is 1.82. The number of hydrogen-bond acceptors (Lipinski definition) is 2. The summed E-state index contributed by atoms with van der Waals surface area (Å²) in [5.74, 6) is -0.911. The molecule has 0 fully saturated rings. The zero-order chi connectivity index (χ0) is 16.5. The van der Waals surface area contributed by atoms with E-state index in [2.05, 4.69) is 22.4 Å². The molecule has 1 aliphatic heterocycles. The number of aromatic amines is 1. The summed E-state index contributed by atoms with van der Waals surface area (Å²) in [6, 6.07) is 17.3. The molecule has 4 rings (SSSR count). The van der Waals surface area contributed by atoms with E-state index in [0.717, 1.165) is 29.7 Å². The van der Waals surface area contributed by atoms with Crippen LogP contribution in [0.3, 0.4) is 0 Å². The van der Waals surface area contributed by atoms with E-state index in [-0.39, 0.29) is 6.04 Å². The highest BCUT2D eigenvalue weighted by molar-refractivity contribution is 6.15. The molecule has 2 aromatic carbocycles. The van der Waals surface area contributed by atoms with Crippen LogP contribution in [0.5, 0.6) is 0 Å². The molecule has 1 aliphatic rings. The predicted molar refractivity (Wildman–Crippen MR) is 94.8 cm³/mol. The Morgan fingerprint density at radius 1 is 1.08 bits per heavy atom. The second-order valence-corrected chi connectivity index (χ2v) is 6.00. The van der Waals surface area contributed by atoms with Gasteiger partial charge in [0.25, 0.3) is 0 Å². The molecule has 0 bridgehead atoms.